The van der Waals surface area contributed by atoms with Crippen molar-refractivity contribution in [2.75, 3.05) is 7.11 Å². The minimum Gasteiger partial charge on any atom is -0.469 e. The predicted octanol–water partition coefficient (Wildman–Crippen LogP) is 0.0916. The summed E-state index contributed by atoms with van der Waals surface area (Å²) in [5.41, 5.74) is 0. The van der Waals surface area contributed by atoms with Gasteiger partial charge in [-0.3, -0.25) is 9.35 Å². The van der Waals surface area contributed by atoms with E-state index < -0.39 is 27.3 Å². The lowest BCUT2D eigenvalue weighted by Crippen LogP contribution is -2.36. The summed E-state index contributed by atoms with van der Waals surface area (Å²) in [6.07, 6.45) is 0.701. The molecule has 0 heterocycles. The van der Waals surface area contributed by atoms with Crippen molar-refractivity contribution in [2.24, 2.45) is 5.92 Å². The Morgan fingerprint density at radius 2 is 2.14 bits per heavy atom. The van der Waals surface area contributed by atoms with Crippen LogP contribution in [0.15, 0.2) is 0 Å². The molecule has 2 atom stereocenters. The van der Waals surface area contributed by atoms with Crippen molar-refractivity contribution < 1.29 is 22.5 Å². The molecular formula is C7H13NO5S. The molecular weight excluding hydrogens is 210 g/mol. The standard InChI is InChI=1S/C7H13NO5S/c1-3-5(7(9)13-2)6(4-8)14(10,11)12/h4-6,8H,3H2,1-2H3,(H,10,11,12). The number of nitrogens with one attached hydrogen (secondary N) is 1. The van der Waals surface area contributed by atoms with Crippen molar-refractivity contribution in [3.63, 3.8) is 0 Å². The van der Waals surface area contributed by atoms with Crippen molar-refractivity contribution in [3.8, 4) is 0 Å². The zero-order valence-corrected chi connectivity index (χ0v) is 8.74. The normalized spacial score (nSPS) is 15.6. The Bertz CT molecular complexity index is 310. The van der Waals surface area contributed by atoms with Crippen molar-refractivity contribution in [2.45, 2.75) is 18.6 Å². The summed E-state index contributed by atoms with van der Waals surface area (Å²) in [4.78, 5) is 11.1. The maximum absolute atomic E-state index is 11.1. The minimum absolute atomic E-state index is 0.173. The molecule has 0 bridgehead atoms. The van der Waals surface area contributed by atoms with Crippen LogP contribution in [0, 0.1) is 11.3 Å². The first-order chi connectivity index (χ1) is 6.38. The van der Waals surface area contributed by atoms with Gasteiger partial charge in [-0.25, -0.2) is 0 Å². The smallest absolute Gasteiger partial charge is 0.310 e. The molecule has 0 spiro atoms. The quantitative estimate of drug-likeness (QED) is 0.390. The Morgan fingerprint density at radius 1 is 1.64 bits per heavy atom. The summed E-state index contributed by atoms with van der Waals surface area (Å²) in [6.45, 7) is 1.57. The first-order valence-corrected chi connectivity index (χ1v) is 5.43. The van der Waals surface area contributed by atoms with Gasteiger partial charge in [0.1, 0.15) is 5.25 Å². The van der Waals surface area contributed by atoms with Crippen LogP contribution in [0.3, 0.4) is 0 Å². The van der Waals surface area contributed by atoms with E-state index in [9.17, 15) is 13.2 Å². The lowest BCUT2D eigenvalue weighted by Gasteiger charge is -2.17. The molecule has 2 N–H and O–H groups in total. The third-order valence-corrected chi connectivity index (χ3v) is 3.00. The molecule has 0 aromatic rings. The monoisotopic (exact) mass is 223 g/mol. The summed E-state index contributed by atoms with van der Waals surface area (Å²) in [6, 6.07) is 0. The summed E-state index contributed by atoms with van der Waals surface area (Å²) in [5.74, 6) is -1.79. The number of ether oxygens (including phenoxy) is 1. The van der Waals surface area contributed by atoms with Crippen LogP contribution in [-0.4, -0.2) is 37.5 Å². The fourth-order valence-electron chi connectivity index (χ4n) is 1.09. The van der Waals surface area contributed by atoms with Crippen LogP contribution in [0.4, 0.5) is 0 Å². The van der Waals surface area contributed by atoms with Gasteiger partial charge in [0.15, 0.2) is 0 Å². The first-order valence-electron chi connectivity index (χ1n) is 3.93. The Hall–Kier alpha value is -0.950. The molecule has 6 nitrogen and oxygen atoms in total. The van der Waals surface area contributed by atoms with E-state index in [4.69, 9.17) is 9.96 Å². The molecule has 7 heteroatoms. The van der Waals surface area contributed by atoms with Crippen LogP contribution < -0.4 is 0 Å². The van der Waals surface area contributed by atoms with Crippen LogP contribution in [0.25, 0.3) is 0 Å². The van der Waals surface area contributed by atoms with E-state index in [0.29, 0.717) is 6.21 Å². The third kappa shape index (κ3) is 3.08. The molecule has 0 aromatic carbocycles. The Balaban J connectivity index is 4.99. The van der Waals surface area contributed by atoms with Gasteiger partial charge >= 0.3 is 5.97 Å². The largest absolute Gasteiger partial charge is 0.469 e. The second-order valence-corrected chi connectivity index (χ2v) is 4.26. The molecule has 0 fully saturated rings. The topological polar surface area (TPSA) is 105 Å². The highest BCUT2D eigenvalue weighted by atomic mass is 32.2. The van der Waals surface area contributed by atoms with Crippen molar-refractivity contribution in [1.82, 2.24) is 0 Å². The van der Waals surface area contributed by atoms with E-state index in [0.717, 1.165) is 7.11 Å². The van der Waals surface area contributed by atoms with Gasteiger partial charge in [0.2, 0.25) is 0 Å². The van der Waals surface area contributed by atoms with E-state index in [-0.39, 0.29) is 6.42 Å². The predicted molar refractivity (Wildman–Crippen MR) is 49.9 cm³/mol. The van der Waals surface area contributed by atoms with Gasteiger partial charge < -0.3 is 10.1 Å². The maximum atomic E-state index is 11.1. The molecule has 0 radical (unpaired) electrons. The number of carbonyl (C=O) groups is 1. The molecule has 0 aromatic heterocycles. The van der Waals surface area contributed by atoms with E-state index in [2.05, 4.69) is 4.74 Å². The molecule has 14 heavy (non-hydrogen) atoms. The molecule has 0 aliphatic heterocycles. The van der Waals surface area contributed by atoms with Gasteiger partial charge in [-0.1, -0.05) is 6.92 Å². The summed E-state index contributed by atoms with van der Waals surface area (Å²) in [7, 11) is -3.30. The number of esters is 1. The minimum atomic E-state index is -4.43. The average Bonchev–Trinajstić information content (AvgIpc) is 2.10. The van der Waals surface area contributed by atoms with E-state index in [1.807, 2.05) is 0 Å². The molecule has 0 saturated heterocycles. The third-order valence-electron chi connectivity index (χ3n) is 1.85. The highest BCUT2D eigenvalue weighted by Crippen LogP contribution is 2.15. The highest BCUT2D eigenvalue weighted by molar-refractivity contribution is 7.87. The van der Waals surface area contributed by atoms with Gasteiger partial charge in [0.25, 0.3) is 10.1 Å². The number of carbonyl (C=O) groups excluding carboxylic acids is 1. The molecule has 0 saturated carbocycles. The second kappa shape index (κ2) is 5.06. The average molecular weight is 223 g/mol. The summed E-state index contributed by atoms with van der Waals surface area (Å²) >= 11 is 0. The second-order valence-electron chi connectivity index (χ2n) is 2.68. The van der Waals surface area contributed by atoms with E-state index in [1.54, 1.807) is 6.92 Å². The van der Waals surface area contributed by atoms with Gasteiger partial charge in [-0.2, -0.15) is 8.42 Å². The lowest BCUT2D eigenvalue weighted by molar-refractivity contribution is -0.145. The maximum Gasteiger partial charge on any atom is 0.310 e. The Morgan fingerprint density at radius 3 is 2.36 bits per heavy atom. The molecule has 0 rings (SSSR count). The van der Waals surface area contributed by atoms with Gasteiger partial charge in [-0.15, -0.1) is 0 Å². The number of hydrogen-bond donors (Lipinski definition) is 2. The van der Waals surface area contributed by atoms with Crippen LogP contribution >= 0.6 is 0 Å². The fourth-order valence-corrected chi connectivity index (χ4v) is 1.98. The van der Waals surface area contributed by atoms with Crippen molar-refractivity contribution in [1.29, 1.82) is 5.41 Å². The molecule has 2 unspecified atom stereocenters. The van der Waals surface area contributed by atoms with E-state index >= 15 is 0 Å². The first kappa shape index (κ1) is 13.1. The number of hydrogen-bond acceptors (Lipinski definition) is 5. The Labute approximate surface area is 82.5 Å². The van der Waals surface area contributed by atoms with Crippen LogP contribution in [-0.2, 0) is 19.6 Å². The van der Waals surface area contributed by atoms with Gasteiger partial charge in [0.05, 0.1) is 13.0 Å². The zero-order chi connectivity index (χ0) is 11.4. The highest BCUT2D eigenvalue weighted by Gasteiger charge is 2.34. The van der Waals surface area contributed by atoms with Crippen LogP contribution in [0.2, 0.25) is 0 Å². The van der Waals surface area contributed by atoms with Crippen molar-refractivity contribution >= 4 is 22.3 Å². The van der Waals surface area contributed by atoms with Crippen LogP contribution in [0.5, 0.6) is 0 Å². The lowest BCUT2D eigenvalue weighted by atomic mass is 10.0. The molecule has 82 valence electrons. The molecule has 0 aliphatic rings. The Kier molecular flexibility index (Phi) is 4.72. The molecule has 0 aliphatic carbocycles. The molecule has 0 amide bonds. The number of methoxy groups -OCH3 is 1. The van der Waals surface area contributed by atoms with E-state index in [1.165, 1.54) is 0 Å². The summed E-state index contributed by atoms with van der Waals surface area (Å²) < 4.78 is 34.7. The van der Waals surface area contributed by atoms with Gasteiger partial charge in [-0.05, 0) is 6.42 Å². The number of rotatable bonds is 5. The fraction of sp³-hybridized carbons (Fsp3) is 0.714. The van der Waals surface area contributed by atoms with Crippen LogP contribution in [0.1, 0.15) is 13.3 Å². The van der Waals surface area contributed by atoms with Crippen molar-refractivity contribution in [3.05, 3.63) is 0 Å². The zero-order valence-electron chi connectivity index (χ0n) is 7.93. The SMILES string of the molecule is CCC(C(=O)OC)C(C=N)S(=O)(=O)O. The summed E-state index contributed by atoms with van der Waals surface area (Å²) in [5, 5.41) is 5.32. The van der Waals surface area contributed by atoms with Gasteiger partial charge in [0, 0.05) is 6.21 Å².